The Labute approximate surface area is 320 Å². The fourth-order valence-electron chi connectivity index (χ4n) is 8.92. The lowest BCUT2D eigenvalue weighted by molar-refractivity contribution is 1.15. The lowest BCUT2D eigenvalue weighted by Gasteiger charge is -2.17. The van der Waals surface area contributed by atoms with Crippen LogP contribution in [-0.2, 0) is 0 Å². The van der Waals surface area contributed by atoms with Crippen molar-refractivity contribution in [2.24, 2.45) is 0 Å². The second kappa shape index (κ2) is 11.9. The monoisotopic (exact) mass is 721 g/mol. The molecule has 0 saturated carbocycles. The predicted molar refractivity (Wildman–Crippen MR) is 238 cm³/mol. The molecule has 0 fully saturated rings. The number of hydrogen-bond donors (Lipinski definition) is 0. The van der Waals surface area contributed by atoms with Crippen LogP contribution in [0.3, 0.4) is 0 Å². The van der Waals surface area contributed by atoms with E-state index in [4.69, 9.17) is 0 Å². The average molecular weight is 722 g/mol. The van der Waals surface area contributed by atoms with Gasteiger partial charge in [-0.05, 0) is 77.9 Å². The van der Waals surface area contributed by atoms with Crippen LogP contribution in [0.2, 0.25) is 19.6 Å². The number of aromatic nitrogens is 3. The molecule has 0 amide bonds. The molecule has 3 heterocycles. The molecule has 11 aromatic rings. The number of para-hydroxylation sites is 4. The summed E-state index contributed by atoms with van der Waals surface area (Å²) in [7, 11) is -1.42. The zero-order chi connectivity index (χ0) is 36.8. The molecule has 8 aromatic carbocycles. The second-order valence-corrected chi connectivity index (χ2v) is 20.9. The van der Waals surface area contributed by atoms with E-state index < -0.39 is 8.07 Å². The van der Waals surface area contributed by atoms with Gasteiger partial charge in [-0.25, -0.2) is 0 Å². The molecular formula is C51H39N3Si. The highest BCUT2D eigenvalue weighted by Gasteiger charge is 2.20. The van der Waals surface area contributed by atoms with Crippen molar-refractivity contribution in [1.29, 1.82) is 0 Å². The van der Waals surface area contributed by atoms with Crippen LogP contribution < -0.4 is 5.19 Å². The van der Waals surface area contributed by atoms with Gasteiger partial charge in [0.1, 0.15) is 0 Å². The van der Waals surface area contributed by atoms with E-state index in [1.54, 1.807) is 0 Å². The molecule has 0 radical (unpaired) electrons. The van der Waals surface area contributed by atoms with Crippen molar-refractivity contribution in [1.82, 2.24) is 13.7 Å². The van der Waals surface area contributed by atoms with Crippen molar-refractivity contribution < 1.29 is 0 Å². The maximum absolute atomic E-state index is 2.45. The highest BCUT2D eigenvalue weighted by molar-refractivity contribution is 6.88. The van der Waals surface area contributed by atoms with Crippen LogP contribution in [0.25, 0.3) is 93.6 Å². The van der Waals surface area contributed by atoms with Gasteiger partial charge in [-0.15, -0.1) is 0 Å². The SMILES string of the molecule is C[Si](C)(C)c1ccc(-n2c3ccccc3c3ccc(-c4ccc5c6ccccc6n(-c6ccc7c8ccccc8n(-c8ccccc8)c7c6)c5c4)cc32)cc1. The van der Waals surface area contributed by atoms with Crippen LogP contribution in [0.15, 0.2) is 182 Å². The first-order chi connectivity index (χ1) is 26.9. The lowest BCUT2D eigenvalue weighted by atomic mass is 10.0. The van der Waals surface area contributed by atoms with Crippen molar-refractivity contribution in [2.75, 3.05) is 0 Å². The number of benzene rings is 8. The highest BCUT2D eigenvalue weighted by atomic mass is 28.3. The number of fused-ring (bicyclic) bond motifs is 9. The van der Waals surface area contributed by atoms with Gasteiger partial charge < -0.3 is 13.7 Å². The Balaban J connectivity index is 1.13. The quantitative estimate of drug-likeness (QED) is 0.157. The summed E-state index contributed by atoms with van der Waals surface area (Å²) >= 11 is 0. The Bertz CT molecular complexity index is 3280. The third-order valence-electron chi connectivity index (χ3n) is 11.6. The first kappa shape index (κ1) is 31.9. The molecule has 0 spiro atoms. The third kappa shape index (κ3) is 4.88. The van der Waals surface area contributed by atoms with E-state index in [-0.39, 0.29) is 0 Å². The molecule has 11 rings (SSSR count). The van der Waals surface area contributed by atoms with Crippen LogP contribution in [0.4, 0.5) is 0 Å². The molecule has 3 nitrogen and oxygen atoms in total. The highest BCUT2D eigenvalue weighted by Crippen LogP contribution is 2.40. The predicted octanol–water partition coefficient (Wildman–Crippen LogP) is 13.2. The Morgan fingerprint density at radius 1 is 0.291 bits per heavy atom. The summed E-state index contributed by atoms with van der Waals surface area (Å²) in [5, 5.41) is 9.04. The Kier molecular flexibility index (Phi) is 6.92. The van der Waals surface area contributed by atoms with Crippen LogP contribution in [0.5, 0.6) is 0 Å². The number of nitrogens with zero attached hydrogens (tertiary/aromatic N) is 3. The van der Waals surface area contributed by atoms with Crippen LogP contribution in [0, 0.1) is 0 Å². The summed E-state index contributed by atoms with van der Waals surface area (Å²) in [4.78, 5) is 0. The maximum Gasteiger partial charge on any atom is 0.0775 e. The van der Waals surface area contributed by atoms with Gasteiger partial charge in [0.15, 0.2) is 0 Å². The molecule has 4 heteroatoms. The van der Waals surface area contributed by atoms with E-state index in [1.165, 1.54) is 87.4 Å². The van der Waals surface area contributed by atoms with Gasteiger partial charge in [0, 0.05) is 49.4 Å². The Morgan fingerprint density at radius 2 is 0.655 bits per heavy atom. The molecule has 0 N–H and O–H groups in total. The van der Waals surface area contributed by atoms with Gasteiger partial charge in [0.25, 0.3) is 0 Å². The molecule has 0 unspecified atom stereocenters. The summed E-state index contributed by atoms with van der Waals surface area (Å²) in [6.45, 7) is 7.23. The first-order valence-corrected chi connectivity index (χ1v) is 22.7. The van der Waals surface area contributed by atoms with Crippen molar-refractivity contribution in [3.05, 3.63) is 182 Å². The topological polar surface area (TPSA) is 14.8 Å². The lowest BCUT2D eigenvalue weighted by Crippen LogP contribution is -2.37. The zero-order valence-electron chi connectivity index (χ0n) is 31.2. The standard InChI is InChI=1S/C51H39N3Si/c1-55(2,3)39-26-23-37(24-27-39)53-47-19-11-7-15-40(47)43-28-21-34(31-49(43)53)35-22-29-44-41-16-9-12-20-48(41)54(50(44)32-35)38-25-30-45-42-17-8-10-18-46(42)52(51(45)33-38)36-13-5-4-6-14-36/h4-33H,1-3H3. The summed E-state index contributed by atoms with van der Waals surface area (Å²) in [5.74, 6) is 0. The molecule has 0 atom stereocenters. The van der Waals surface area contributed by atoms with Crippen molar-refractivity contribution in [3.63, 3.8) is 0 Å². The molecule has 0 aliphatic rings. The average Bonchev–Trinajstić information content (AvgIpc) is 3.85. The van der Waals surface area contributed by atoms with Crippen LogP contribution in [0.1, 0.15) is 0 Å². The Hall–Kier alpha value is -6.62. The number of hydrogen-bond acceptors (Lipinski definition) is 0. The first-order valence-electron chi connectivity index (χ1n) is 19.2. The van der Waals surface area contributed by atoms with Crippen LogP contribution >= 0.6 is 0 Å². The van der Waals surface area contributed by atoms with Gasteiger partial charge in [0.05, 0.1) is 41.2 Å². The summed E-state index contributed by atoms with van der Waals surface area (Å²) in [6.07, 6.45) is 0. The minimum atomic E-state index is -1.42. The summed E-state index contributed by atoms with van der Waals surface area (Å²) in [6, 6.07) is 67.4. The normalized spacial score (nSPS) is 12.3. The Morgan fingerprint density at radius 3 is 1.15 bits per heavy atom. The maximum atomic E-state index is 2.45. The van der Waals surface area contributed by atoms with E-state index in [0.29, 0.717) is 0 Å². The largest absolute Gasteiger partial charge is 0.309 e. The van der Waals surface area contributed by atoms with Crippen molar-refractivity contribution in [2.45, 2.75) is 19.6 Å². The van der Waals surface area contributed by atoms with Gasteiger partial charge in [-0.1, -0.05) is 140 Å². The fraction of sp³-hybridized carbons (Fsp3) is 0.0588. The molecule has 55 heavy (non-hydrogen) atoms. The zero-order valence-corrected chi connectivity index (χ0v) is 32.2. The van der Waals surface area contributed by atoms with Gasteiger partial charge in [-0.3, -0.25) is 0 Å². The van der Waals surface area contributed by atoms with Gasteiger partial charge >= 0.3 is 0 Å². The van der Waals surface area contributed by atoms with Gasteiger partial charge in [-0.2, -0.15) is 0 Å². The minimum Gasteiger partial charge on any atom is -0.309 e. The molecule has 0 aliphatic carbocycles. The van der Waals surface area contributed by atoms with E-state index >= 15 is 0 Å². The minimum absolute atomic E-state index is 1.15. The van der Waals surface area contributed by atoms with E-state index in [9.17, 15) is 0 Å². The molecular weight excluding hydrogens is 683 g/mol. The van der Waals surface area contributed by atoms with Crippen molar-refractivity contribution >= 4 is 78.7 Å². The molecule has 3 aromatic heterocycles. The summed E-state index contributed by atoms with van der Waals surface area (Å²) in [5.41, 5.74) is 13.2. The number of rotatable bonds is 5. The van der Waals surface area contributed by atoms with E-state index in [1.807, 2.05) is 0 Å². The van der Waals surface area contributed by atoms with E-state index in [2.05, 4.69) is 215 Å². The van der Waals surface area contributed by atoms with Crippen LogP contribution in [-0.4, -0.2) is 21.8 Å². The molecule has 0 saturated heterocycles. The summed E-state index contributed by atoms with van der Waals surface area (Å²) < 4.78 is 7.30. The van der Waals surface area contributed by atoms with Gasteiger partial charge in [0.2, 0.25) is 0 Å². The molecule has 262 valence electrons. The van der Waals surface area contributed by atoms with E-state index in [0.717, 1.165) is 11.4 Å². The molecule has 0 bridgehead atoms. The smallest absolute Gasteiger partial charge is 0.0775 e. The third-order valence-corrected chi connectivity index (χ3v) is 13.7. The second-order valence-electron chi connectivity index (χ2n) is 15.9. The fourth-order valence-corrected chi connectivity index (χ4v) is 10.1. The van der Waals surface area contributed by atoms with Crippen molar-refractivity contribution in [3.8, 4) is 28.2 Å². The molecule has 0 aliphatic heterocycles.